The van der Waals surface area contributed by atoms with E-state index in [1.54, 1.807) is 30.9 Å². The lowest BCUT2D eigenvalue weighted by Crippen LogP contribution is -2.23. The number of hydrogen-bond acceptors (Lipinski definition) is 5. The fourth-order valence-corrected chi connectivity index (χ4v) is 4.18. The summed E-state index contributed by atoms with van der Waals surface area (Å²) in [5, 5.41) is 6.75. The van der Waals surface area contributed by atoms with Crippen LogP contribution in [-0.4, -0.2) is 29.0 Å². The van der Waals surface area contributed by atoms with E-state index in [0.717, 1.165) is 38.2 Å². The molecule has 5 rings (SSSR count). The number of aromatic nitrogens is 2. The second kappa shape index (κ2) is 9.11. The fourth-order valence-electron chi connectivity index (χ4n) is 4.18. The van der Waals surface area contributed by atoms with Crippen molar-refractivity contribution in [2.45, 2.75) is 6.54 Å². The number of amides is 1. The average Bonchev–Trinajstić information content (AvgIpc) is 2.90. The zero-order chi connectivity index (χ0) is 23.5. The predicted octanol–water partition coefficient (Wildman–Crippen LogP) is 5.17. The first kappa shape index (κ1) is 21.3. The van der Waals surface area contributed by atoms with Gasteiger partial charge in [-0.1, -0.05) is 36.4 Å². The van der Waals surface area contributed by atoms with Crippen LogP contribution in [0.25, 0.3) is 32.7 Å². The van der Waals surface area contributed by atoms with Crippen molar-refractivity contribution in [3.05, 3.63) is 108 Å². The molecule has 0 aliphatic carbocycles. The smallest absolute Gasteiger partial charge is 0.337 e. The Bertz CT molecular complexity index is 1540. The molecule has 166 valence electrons. The number of nitrogens with zero attached hydrogens (tertiary/aromatic N) is 2. The van der Waals surface area contributed by atoms with Gasteiger partial charge in [0, 0.05) is 47.7 Å². The van der Waals surface area contributed by atoms with Crippen molar-refractivity contribution in [3.63, 3.8) is 0 Å². The summed E-state index contributed by atoms with van der Waals surface area (Å²) in [4.78, 5) is 33.4. The van der Waals surface area contributed by atoms with Crippen molar-refractivity contribution < 1.29 is 14.3 Å². The van der Waals surface area contributed by atoms with Crippen molar-refractivity contribution in [1.82, 2.24) is 15.3 Å². The largest absolute Gasteiger partial charge is 0.465 e. The summed E-state index contributed by atoms with van der Waals surface area (Å²) < 4.78 is 4.86. The Morgan fingerprint density at radius 3 is 2.50 bits per heavy atom. The van der Waals surface area contributed by atoms with E-state index in [-0.39, 0.29) is 11.9 Å². The summed E-state index contributed by atoms with van der Waals surface area (Å²) in [5.41, 5.74) is 3.92. The van der Waals surface area contributed by atoms with E-state index in [4.69, 9.17) is 4.74 Å². The highest BCUT2D eigenvalue weighted by Gasteiger charge is 2.13. The number of esters is 1. The average molecular weight is 447 g/mol. The van der Waals surface area contributed by atoms with Crippen molar-refractivity contribution in [2.75, 3.05) is 7.11 Å². The molecule has 0 bridgehead atoms. The molecule has 2 aromatic heterocycles. The Morgan fingerprint density at radius 2 is 1.65 bits per heavy atom. The Balaban J connectivity index is 1.47. The number of fused-ring (bicyclic) bond motifs is 2. The quantitative estimate of drug-likeness (QED) is 0.376. The Kier molecular flexibility index (Phi) is 5.70. The minimum atomic E-state index is -0.378. The molecule has 6 nitrogen and oxygen atoms in total. The highest BCUT2D eigenvalue weighted by atomic mass is 16.5. The molecule has 0 atom stereocenters. The van der Waals surface area contributed by atoms with Crippen LogP contribution in [0.2, 0.25) is 0 Å². The number of nitrogens with one attached hydrogen (secondary N) is 1. The molecule has 34 heavy (non-hydrogen) atoms. The molecule has 5 aromatic rings. The lowest BCUT2D eigenvalue weighted by Gasteiger charge is -2.13. The molecule has 0 fully saturated rings. The molecule has 0 spiro atoms. The molecule has 1 N–H and O–H groups in total. The second-order valence-corrected chi connectivity index (χ2v) is 7.85. The van der Waals surface area contributed by atoms with Crippen LogP contribution in [0, 0.1) is 0 Å². The summed E-state index contributed by atoms with van der Waals surface area (Å²) >= 11 is 0. The summed E-state index contributed by atoms with van der Waals surface area (Å²) in [6.07, 6.45) is 6.97. The van der Waals surface area contributed by atoms with Crippen LogP contribution < -0.4 is 5.32 Å². The molecule has 3 aromatic carbocycles. The summed E-state index contributed by atoms with van der Waals surface area (Å²) in [6.45, 7) is 0.352. The number of benzene rings is 3. The van der Waals surface area contributed by atoms with Gasteiger partial charge in [0.1, 0.15) is 0 Å². The molecular weight excluding hydrogens is 426 g/mol. The number of pyridine rings is 2. The van der Waals surface area contributed by atoms with Crippen molar-refractivity contribution in [2.24, 2.45) is 0 Å². The lowest BCUT2D eigenvalue weighted by atomic mass is 9.95. The van der Waals surface area contributed by atoms with Crippen molar-refractivity contribution >= 4 is 33.4 Å². The van der Waals surface area contributed by atoms with Crippen LogP contribution in [0.5, 0.6) is 0 Å². The monoisotopic (exact) mass is 447 g/mol. The Morgan fingerprint density at radius 1 is 0.853 bits per heavy atom. The normalized spacial score (nSPS) is 10.9. The second-order valence-electron chi connectivity index (χ2n) is 7.85. The number of ether oxygens (including phenoxy) is 1. The van der Waals surface area contributed by atoms with Gasteiger partial charge in [-0.2, -0.15) is 0 Å². The summed E-state index contributed by atoms with van der Waals surface area (Å²) in [5.74, 6) is -0.528. The number of carbonyl (C=O) groups is 2. The van der Waals surface area contributed by atoms with Gasteiger partial charge >= 0.3 is 5.97 Å². The van der Waals surface area contributed by atoms with E-state index in [1.807, 2.05) is 60.7 Å². The Labute approximate surface area is 196 Å². The third kappa shape index (κ3) is 3.97. The number of hydrogen-bond donors (Lipinski definition) is 1. The highest BCUT2D eigenvalue weighted by molar-refractivity contribution is 6.07. The molecule has 6 heteroatoms. The van der Waals surface area contributed by atoms with E-state index >= 15 is 0 Å². The van der Waals surface area contributed by atoms with E-state index in [0.29, 0.717) is 17.7 Å². The van der Waals surface area contributed by atoms with Gasteiger partial charge in [0.2, 0.25) is 0 Å². The summed E-state index contributed by atoms with van der Waals surface area (Å²) in [7, 11) is 1.37. The van der Waals surface area contributed by atoms with Gasteiger partial charge in [-0.15, -0.1) is 0 Å². The molecule has 1 amide bonds. The van der Waals surface area contributed by atoms with Crippen molar-refractivity contribution in [1.29, 1.82) is 0 Å². The van der Waals surface area contributed by atoms with Gasteiger partial charge < -0.3 is 10.1 Å². The first-order valence-corrected chi connectivity index (χ1v) is 10.8. The van der Waals surface area contributed by atoms with Gasteiger partial charge in [-0.05, 0) is 57.8 Å². The molecule has 0 aliphatic heterocycles. The van der Waals surface area contributed by atoms with Crippen LogP contribution in [0.1, 0.15) is 26.3 Å². The third-order valence-corrected chi connectivity index (χ3v) is 5.87. The van der Waals surface area contributed by atoms with Gasteiger partial charge in [0.25, 0.3) is 5.91 Å². The zero-order valence-corrected chi connectivity index (χ0v) is 18.5. The molecular formula is C28H21N3O3. The predicted molar refractivity (Wildman–Crippen MR) is 131 cm³/mol. The first-order chi connectivity index (χ1) is 16.7. The molecule has 0 saturated heterocycles. The van der Waals surface area contributed by atoms with Gasteiger partial charge in [0.15, 0.2) is 0 Å². The van der Waals surface area contributed by atoms with Gasteiger partial charge in [0.05, 0.1) is 12.7 Å². The van der Waals surface area contributed by atoms with Crippen LogP contribution in [-0.2, 0) is 11.3 Å². The maximum absolute atomic E-state index is 13.0. The van der Waals surface area contributed by atoms with Crippen LogP contribution in [0.3, 0.4) is 0 Å². The standard InChI is InChI=1S/C28H21N3O3/c1-34-28(33)19-5-2-4-18(14-19)22-9-8-21(26-17-30-13-11-24(22)26)16-31-27(32)25-7-3-6-20-15-29-12-10-23(20)25/h2-15,17H,16H2,1H3,(H,31,32). The SMILES string of the molecule is COC(=O)c1cccc(-c2ccc(CNC(=O)c3cccc4cnccc34)c3cnccc23)c1. The van der Waals surface area contributed by atoms with Crippen LogP contribution in [0.4, 0.5) is 0 Å². The third-order valence-electron chi connectivity index (χ3n) is 5.87. The molecule has 0 saturated carbocycles. The molecule has 0 unspecified atom stereocenters. The minimum Gasteiger partial charge on any atom is -0.465 e. The van der Waals surface area contributed by atoms with Gasteiger partial charge in [-0.25, -0.2) is 4.79 Å². The van der Waals surface area contributed by atoms with E-state index in [9.17, 15) is 9.59 Å². The molecule has 0 aliphatic rings. The van der Waals surface area contributed by atoms with E-state index in [1.165, 1.54) is 7.11 Å². The van der Waals surface area contributed by atoms with E-state index in [2.05, 4.69) is 15.3 Å². The zero-order valence-electron chi connectivity index (χ0n) is 18.5. The fraction of sp³-hybridized carbons (Fsp3) is 0.0714. The molecule has 2 heterocycles. The van der Waals surface area contributed by atoms with Crippen LogP contribution in [0.15, 0.2) is 91.5 Å². The maximum atomic E-state index is 13.0. The number of rotatable bonds is 5. The first-order valence-electron chi connectivity index (χ1n) is 10.8. The molecule has 0 radical (unpaired) electrons. The Hall–Kier alpha value is -4.58. The highest BCUT2D eigenvalue weighted by Crippen LogP contribution is 2.31. The lowest BCUT2D eigenvalue weighted by molar-refractivity contribution is 0.0600. The topological polar surface area (TPSA) is 81.2 Å². The van der Waals surface area contributed by atoms with E-state index < -0.39 is 0 Å². The minimum absolute atomic E-state index is 0.149. The van der Waals surface area contributed by atoms with Crippen molar-refractivity contribution in [3.8, 4) is 11.1 Å². The maximum Gasteiger partial charge on any atom is 0.337 e. The number of carbonyl (C=O) groups excluding carboxylic acids is 2. The van der Waals surface area contributed by atoms with Gasteiger partial charge in [-0.3, -0.25) is 14.8 Å². The number of methoxy groups -OCH3 is 1. The van der Waals surface area contributed by atoms with Crippen LogP contribution >= 0.6 is 0 Å². The summed E-state index contributed by atoms with van der Waals surface area (Å²) in [6, 6.07) is 20.7.